The van der Waals surface area contributed by atoms with E-state index in [2.05, 4.69) is 4.74 Å². The Morgan fingerprint density at radius 3 is 2.00 bits per heavy atom. The zero-order valence-electron chi connectivity index (χ0n) is 5.92. The third-order valence-corrected chi connectivity index (χ3v) is 0.804. The number of carboxylic acids is 1. The number of hydrogen-bond donors (Lipinski definition) is 1. The summed E-state index contributed by atoms with van der Waals surface area (Å²) in [6.45, 7) is -1.42. The quantitative estimate of drug-likeness (QED) is 0.501. The summed E-state index contributed by atoms with van der Waals surface area (Å²) in [5.74, 6) is -6.19. The van der Waals surface area contributed by atoms with Crippen LogP contribution in [0.1, 0.15) is 0 Å². The van der Waals surface area contributed by atoms with Gasteiger partial charge < -0.3 is 9.84 Å². The maximum atomic E-state index is 11.4. The first-order chi connectivity index (χ1) is 5.75. The SMILES string of the molecule is O=C(O)C(=O)COC(=O)C(F)(F)F. The number of rotatable bonds is 3. The van der Waals surface area contributed by atoms with E-state index in [0.717, 1.165) is 0 Å². The van der Waals surface area contributed by atoms with Crippen molar-refractivity contribution in [2.45, 2.75) is 6.18 Å². The second kappa shape index (κ2) is 3.87. The lowest BCUT2D eigenvalue weighted by molar-refractivity contribution is -0.200. The summed E-state index contributed by atoms with van der Waals surface area (Å²) in [4.78, 5) is 29.8. The second-order valence-electron chi connectivity index (χ2n) is 1.80. The second-order valence-corrected chi connectivity index (χ2v) is 1.80. The number of carboxylic acid groups (broad SMARTS) is 1. The highest BCUT2D eigenvalue weighted by molar-refractivity contribution is 6.33. The molecular weight excluding hydrogens is 197 g/mol. The van der Waals surface area contributed by atoms with Gasteiger partial charge in [0.2, 0.25) is 0 Å². The van der Waals surface area contributed by atoms with Crippen LogP contribution < -0.4 is 0 Å². The number of carbonyl (C=O) groups is 3. The van der Waals surface area contributed by atoms with Crippen LogP contribution >= 0.6 is 0 Å². The number of halogens is 3. The number of carbonyl (C=O) groups excluding carboxylic acids is 2. The van der Waals surface area contributed by atoms with E-state index >= 15 is 0 Å². The summed E-state index contributed by atoms with van der Waals surface area (Å²) < 4.78 is 37.4. The summed E-state index contributed by atoms with van der Waals surface area (Å²) in [6, 6.07) is 0. The fraction of sp³-hybridized carbons (Fsp3) is 0.400. The third-order valence-electron chi connectivity index (χ3n) is 0.804. The average Bonchev–Trinajstić information content (AvgIpc) is 1.97. The van der Waals surface area contributed by atoms with E-state index in [1.165, 1.54) is 0 Å². The lowest BCUT2D eigenvalue weighted by atomic mass is 10.4. The van der Waals surface area contributed by atoms with Crippen molar-refractivity contribution in [1.29, 1.82) is 0 Å². The molecule has 13 heavy (non-hydrogen) atoms. The Bertz CT molecular complexity index is 243. The molecule has 0 aromatic rings. The molecule has 0 rings (SSSR count). The number of hydrogen-bond acceptors (Lipinski definition) is 4. The highest BCUT2D eigenvalue weighted by Gasteiger charge is 2.41. The van der Waals surface area contributed by atoms with Crippen molar-refractivity contribution in [3.05, 3.63) is 0 Å². The molecule has 0 saturated heterocycles. The van der Waals surface area contributed by atoms with Gasteiger partial charge in [0, 0.05) is 0 Å². The molecule has 0 unspecified atom stereocenters. The van der Waals surface area contributed by atoms with Gasteiger partial charge in [-0.3, -0.25) is 4.79 Å². The van der Waals surface area contributed by atoms with E-state index in [1.807, 2.05) is 0 Å². The lowest BCUT2D eigenvalue weighted by Crippen LogP contribution is -2.29. The lowest BCUT2D eigenvalue weighted by Gasteiger charge is -2.04. The predicted octanol–water partition coefficient (Wildman–Crippen LogP) is -0.254. The van der Waals surface area contributed by atoms with Gasteiger partial charge in [0.1, 0.15) is 0 Å². The van der Waals surface area contributed by atoms with Gasteiger partial charge in [-0.1, -0.05) is 0 Å². The van der Waals surface area contributed by atoms with Gasteiger partial charge in [0.25, 0.3) is 5.78 Å². The molecule has 0 aliphatic rings. The van der Waals surface area contributed by atoms with Gasteiger partial charge in [-0.05, 0) is 0 Å². The number of ether oxygens (including phenoxy) is 1. The smallest absolute Gasteiger partial charge is 0.475 e. The molecule has 5 nitrogen and oxygen atoms in total. The molecule has 0 aromatic heterocycles. The molecule has 0 saturated carbocycles. The molecule has 0 aromatic carbocycles. The van der Waals surface area contributed by atoms with E-state index in [1.54, 1.807) is 0 Å². The van der Waals surface area contributed by atoms with Crippen molar-refractivity contribution >= 4 is 17.7 Å². The molecule has 74 valence electrons. The Balaban J connectivity index is 3.99. The van der Waals surface area contributed by atoms with Crippen molar-refractivity contribution in [2.24, 2.45) is 0 Å². The van der Waals surface area contributed by atoms with Crippen LogP contribution in [0.2, 0.25) is 0 Å². The molecule has 0 heterocycles. The maximum absolute atomic E-state index is 11.4. The number of alkyl halides is 3. The van der Waals surface area contributed by atoms with Crippen molar-refractivity contribution in [3.63, 3.8) is 0 Å². The third kappa shape index (κ3) is 4.09. The molecular formula is C5H3F3O5. The van der Waals surface area contributed by atoms with Gasteiger partial charge in [-0.25, -0.2) is 9.59 Å². The normalized spacial score (nSPS) is 10.7. The zero-order valence-corrected chi connectivity index (χ0v) is 5.92. The summed E-state index contributed by atoms with van der Waals surface area (Å²) in [6.07, 6.45) is -5.22. The van der Waals surface area contributed by atoms with Crippen LogP contribution in [0.3, 0.4) is 0 Å². The van der Waals surface area contributed by atoms with Gasteiger partial charge >= 0.3 is 18.1 Å². The highest BCUT2D eigenvalue weighted by Crippen LogP contribution is 2.16. The number of aliphatic carboxylic acids is 1. The van der Waals surface area contributed by atoms with E-state index in [0.29, 0.717) is 0 Å². The maximum Gasteiger partial charge on any atom is 0.490 e. The Hall–Kier alpha value is -1.60. The van der Waals surface area contributed by atoms with Crippen LogP contribution in [0.15, 0.2) is 0 Å². The Labute approximate surface area is 69.1 Å². The van der Waals surface area contributed by atoms with Crippen LogP contribution in [-0.2, 0) is 19.1 Å². The van der Waals surface area contributed by atoms with E-state index in [-0.39, 0.29) is 0 Å². The van der Waals surface area contributed by atoms with Crippen molar-refractivity contribution < 1.29 is 37.4 Å². The van der Waals surface area contributed by atoms with E-state index in [4.69, 9.17) is 5.11 Å². The summed E-state index contributed by atoms with van der Waals surface area (Å²) >= 11 is 0. The fourth-order valence-corrected chi connectivity index (χ4v) is 0.275. The summed E-state index contributed by atoms with van der Waals surface area (Å²) in [7, 11) is 0. The summed E-state index contributed by atoms with van der Waals surface area (Å²) in [5, 5.41) is 7.88. The molecule has 0 bridgehead atoms. The van der Waals surface area contributed by atoms with Gasteiger partial charge in [0.05, 0.1) is 0 Å². The standard InChI is InChI=1S/C5H3F3O5/c6-5(7,8)4(12)13-1-2(9)3(10)11/h1H2,(H,10,11). The molecule has 0 aliphatic carbocycles. The van der Waals surface area contributed by atoms with Crippen LogP contribution in [0.25, 0.3) is 0 Å². The average molecular weight is 200 g/mol. The first-order valence-electron chi connectivity index (χ1n) is 2.75. The largest absolute Gasteiger partial charge is 0.490 e. The van der Waals surface area contributed by atoms with E-state index in [9.17, 15) is 27.6 Å². The molecule has 0 spiro atoms. The molecule has 0 amide bonds. The number of Topliss-reactive ketones (excluding diaryl/α,β-unsaturated/α-hetero) is 1. The highest BCUT2D eigenvalue weighted by atomic mass is 19.4. The fourth-order valence-electron chi connectivity index (χ4n) is 0.275. The minimum absolute atomic E-state index is 1.42. The van der Waals surface area contributed by atoms with Gasteiger partial charge in [-0.15, -0.1) is 0 Å². The molecule has 0 fully saturated rings. The number of ketones is 1. The monoisotopic (exact) mass is 200 g/mol. The van der Waals surface area contributed by atoms with Gasteiger partial charge in [0.15, 0.2) is 6.61 Å². The minimum atomic E-state index is -5.22. The Kier molecular flexibility index (Phi) is 3.40. The molecule has 0 radical (unpaired) electrons. The topological polar surface area (TPSA) is 80.7 Å². The van der Waals surface area contributed by atoms with Crippen LogP contribution in [0, 0.1) is 0 Å². The molecule has 0 aliphatic heterocycles. The zero-order chi connectivity index (χ0) is 10.6. The Morgan fingerprint density at radius 2 is 1.69 bits per heavy atom. The van der Waals surface area contributed by atoms with Crippen LogP contribution in [0.4, 0.5) is 13.2 Å². The summed E-state index contributed by atoms with van der Waals surface area (Å²) in [5.41, 5.74) is 0. The molecule has 8 heteroatoms. The minimum Gasteiger partial charge on any atom is -0.475 e. The first-order valence-corrected chi connectivity index (χ1v) is 2.75. The number of esters is 1. The van der Waals surface area contributed by atoms with Crippen molar-refractivity contribution in [2.75, 3.05) is 6.61 Å². The van der Waals surface area contributed by atoms with Crippen LogP contribution in [0.5, 0.6) is 0 Å². The van der Waals surface area contributed by atoms with Gasteiger partial charge in [-0.2, -0.15) is 13.2 Å². The molecule has 1 N–H and O–H groups in total. The Morgan fingerprint density at radius 1 is 1.23 bits per heavy atom. The predicted molar refractivity (Wildman–Crippen MR) is 29.7 cm³/mol. The molecule has 0 atom stereocenters. The van der Waals surface area contributed by atoms with Crippen molar-refractivity contribution in [1.82, 2.24) is 0 Å². The van der Waals surface area contributed by atoms with E-state index < -0.39 is 30.5 Å². The first kappa shape index (κ1) is 11.4. The van der Waals surface area contributed by atoms with Crippen molar-refractivity contribution in [3.8, 4) is 0 Å². The van der Waals surface area contributed by atoms with Crippen LogP contribution in [-0.4, -0.2) is 35.6 Å².